The number of hydrogen-bond donors (Lipinski definition) is 2. The molecule has 1 aliphatic rings. The number of carbonyl (C=O) groups is 1. The third-order valence-electron chi connectivity index (χ3n) is 2.43. The molecule has 0 aromatic carbocycles. The summed E-state index contributed by atoms with van der Waals surface area (Å²) in [4.78, 5) is 10.8. The van der Waals surface area contributed by atoms with Crippen molar-refractivity contribution in [3.05, 3.63) is 0 Å². The number of aliphatic carboxylic acids is 1. The zero-order valence-electron chi connectivity index (χ0n) is 7.88. The first-order valence-electron chi connectivity index (χ1n) is 4.34. The molecule has 2 unspecified atom stereocenters. The van der Waals surface area contributed by atoms with Crippen LogP contribution in [0.15, 0.2) is 0 Å². The van der Waals surface area contributed by atoms with Crippen molar-refractivity contribution in [2.45, 2.75) is 25.8 Å². The Bertz CT molecular complexity index is 327. The summed E-state index contributed by atoms with van der Waals surface area (Å²) < 4.78 is 23.0. The van der Waals surface area contributed by atoms with Gasteiger partial charge in [0.1, 0.15) is 6.04 Å². The predicted octanol–water partition coefficient (Wildman–Crippen LogP) is -0.625. The van der Waals surface area contributed by atoms with E-state index in [4.69, 9.17) is 10.2 Å². The van der Waals surface area contributed by atoms with Crippen LogP contribution in [0.25, 0.3) is 0 Å². The lowest BCUT2D eigenvalue weighted by Gasteiger charge is -2.33. The normalized spacial score (nSPS) is 30.1. The fraction of sp³-hybridized carbons (Fsp3) is 0.857. The van der Waals surface area contributed by atoms with Gasteiger partial charge < -0.3 is 5.11 Å². The first-order chi connectivity index (χ1) is 6.32. The zero-order valence-corrected chi connectivity index (χ0v) is 8.70. The topological polar surface area (TPSA) is 101 Å². The van der Waals surface area contributed by atoms with E-state index in [0.717, 1.165) is 4.31 Å². The second kappa shape index (κ2) is 3.84. The molecule has 1 fully saturated rings. The molecule has 7 heteroatoms. The highest BCUT2D eigenvalue weighted by molar-refractivity contribution is 7.86. The number of nitrogens with two attached hydrogens (primary N) is 1. The van der Waals surface area contributed by atoms with Crippen molar-refractivity contribution in [2.24, 2.45) is 11.1 Å². The van der Waals surface area contributed by atoms with Gasteiger partial charge in [-0.2, -0.15) is 12.7 Å². The number of carboxylic acid groups (broad SMARTS) is 1. The summed E-state index contributed by atoms with van der Waals surface area (Å²) in [5.74, 6) is -0.917. The largest absolute Gasteiger partial charge is 0.480 e. The summed E-state index contributed by atoms with van der Waals surface area (Å²) in [5, 5.41) is 13.7. The summed E-state index contributed by atoms with van der Waals surface area (Å²) >= 11 is 0. The van der Waals surface area contributed by atoms with Crippen LogP contribution in [0.3, 0.4) is 0 Å². The van der Waals surface area contributed by atoms with Crippen molar-refractivity contribution in [2.75, 3.05) is 6.54 Å². The maximum Gasteiger partial charge on any atom is 0.322 e. The van der Waals surface area contributed by atoms with Gasteiger partial charge in [0, 0.05) is 6.54 Å². The molecule has 1 saturated heterocycles. The third-order valence-corrected chi connectivity index (χ3v) is 3.52. The summed E-state index contributed by atoms with van der Waals surface area (Å²) in [6, 6.07) is -1.01. The van der Waals surface area contributed by atoms with Crippen molar-refractivity contribution < 1.29 is 18.3 Å². The maximum atomic E-state index is 11.0. The molecule has 1 aliphatic heterocycles. The third kappa shape index (κ3) is 2.43. The Morgan fingerprint density at radius 3 is 2.57 bits per heavy atom. The Balaban J connectivity index is 2.89. The second-order valence-electron chi connectivity index (χ2n) is 3.64. The second-order valence-corrected chi connectivity index (χ2v) is 5.14. The van der Waals surface area contributed by atoms with E-state index in [2.05, 4.69) is 0 Å². The molecule has 0 spiro atoms. The highest BCUT2D eigenvalue weighted by Crippen LogP contribution is 2.23. The van der Waals surface area contributed by atoms with E-state index in [1.807, 2.05) is 6.92 Å². The number of rotatable bonds is 2. The Hall–Kier alpha value is -0.660. The van der Waals surface area contributed by atoms with Gasteiger partial charge in [0.05, 0.1) is 0 Å². The van der Waals surface area contributed by atoms with Crippen molar-refractivity contribution in [3.63, 3.8) is 0 Å². The minimum absolute atomic E-state index is 0.191. The predicted molar refractivity (Wildman–Crippen MR) is 49.6 cm³/mol. The van der Waals surface area contributed by atoms with Crippen molar-refractivity contribution in [1.29, 1.82) is 0 Å². The average Bonchev–Trinajstić information content (AvgIpc) is 2.01. The molecule has 6 nitrogen and oxygen atoms in total. The molecule has 0 amide bonds. The molecule has 0 aromatic rings. The van der Waals surface area contributed by atoms with E-state index in [0.29, 0.717) is 12.8 Å². The van der Waals surface area contributed by atoms with Crippen molar-refractivity contribution >= 4 is 16.2 Å². The van der Waals surface area contributed by atoms with Crippen LogP contribution < -0.4 is 5.14 Å². The number of nitrogens with zero attached hydrogens (tertiary/aromatic N) is 1. The molecular weight excluding hydrogens is 208 g/mol. The Morgan fingerprint density at radius 2 is 2.14 bits per heavy atom. The Labute approximate surface area is 82.9 Å². The fourth-order valence-corrected chi connectivity index (χ4v) is 2.54. The van der Waals surface area contributed by atoms with Crippen LogP contribution >= 0.6 is 0 Å². The lowest BCUT2D eigenvalue weighted by Crippen LogP contribution is -2.52. The molecule has 0 aromatic heterocycles. The minimum atomic E-state index is -3.89. The van der Waals surface area contributed by atoms with E-state index in [-0.39, 0.29) is 12.5 Å². The van der Waals surface area contributed by atoms with Crippen LogP contribution in [-0.2, 0) is 15.0 Å². The SMILES string of the molecule is CC1CCN(S(N)(=O)=O)C(C(=O)O)C1. The summed E-state index contributed by atoms with van der Waals surface area (Å²) in [6.07, 6.45) is 0.978. The Kier molecular flexibility index (Phi) is 3.13. The number of piperidine rings is 1. The lowest BCUT2D eigenvalue weighted by molar-refractivity contribution is -0.143. The summed E-state index contributed by atoms with van der Waals surface area (Å²) in [6.45, 7) is 2.09. The molecule has 1 heterocycles. The van der Waals surface area contributed by atoms with Gasteiger partial charge in [-0.15, -0.1) is 0 Å². The van der Waals surface area contributed by atoms with E-state index in [1.54, 1.807) is 0 Å². The first-order valence-corrected chi connectivity index (χ1v) is 5.85. The van der Waals surface area contributed by atoms with Crippen LogP contribution in [0, 0.1) is 5.92 Å². The first kappa shape index (κ1) is 11.4. The van der Waals surface area contributed by atoms with Crippen LogP contribution in [0.1, 0.15) is 19.8 Å². The number of carboxylic acids is 1. The molecule has 2 atom stereocenters. The van der Waals surface area contributed by atoms with E-state index in [9.17, 15) is 13.2 Å². The smallest absolute Gasteiger partial charge is 0.322 e. The van der Waals surface area contributed by atoms with Gasteiger partial charge in [-0.3, -0.25) is 4.79 Å². The van der Waals surface area contributed by atoms with E-state index < -0.39 is 22.2 Å². The van der Waals surface area contributed by atoms with Gasteiger partial charge >= 0.3 is 5.97 Å². The monoisotopic (exact) mass is 222 g/mol. The number of hydrogen-bond acceptors (Lipinski definition) is 3. The molecule has 1 rings (SSSR count). The van der Waals surface area contributed by atoms with Crippen LogP contribution in [0.5, 0.6) is 0 Å². The van der Waals surface area contributed by atoms with Crippen molar-refractivity contribution in [3.8, 4) is 0 Å². The van der Waals surface area contributed by atoms with Crippen LogP contribution in [0.2, 0.25) is 0 Å². The maximum absolute atomic E-state index is 11.0. The fourth-order valence-electron chi connectivity index (χ4n) is 1.65. The summed E-state index contributed by atoms with van der Waals surface area (Å²) in [5.41, 5.74) is 0. The zero-order chi connectivity index (χ0) is 10.9. The molecule has 14 heavy (non-hydrogen) atoms. The molecule has 0 bridgehead atoms. The van der Waals surface area contributed by atoms with E-state index in [1.165, 1.54) is 0 Å². The van der Waals surface area contributed by atoms with Crippen LogP contribution in [-0.4, -0.2) is 36.4 Å². The van der Waals surface area contributed by atoms with E-state index >= 15 is 0 Å². The Morgan fingerprint density at radius 1 is 1.57 bits per heavy atom. The average molecular weight is 222 g/mol. The van der Waals surface area contributed by atoms with Gasteiger partial charge in [-0.25, -0.2) is 5.14 Å². The molecule has 0 aliphatic carbocycles. The molecule has 0 radical (unpaired) electrons. The molecule has 0 saturated carbocycles. The van der Waals surface area contributed by atoms with Gasteiger partial charge in [-0.05, 0) is 18.8 Å². The molecule has 82 valence electrons. The van der Waals surface area contributed by atoms with Gasteiger partial charge in [0.2, 0.25) is 0 Å². The molecular formula is C7H14N2O4S. The quantitative estimate of drug-likeness (QED) is 0.649. The van der Waals surface area contributed by atoms with Gasteiger partial charge in [0.25, 0.3) is 10.2 Å². The minimum Gasteiger partial charge on any atom is -0.480 e. The highest BCUT2D eigenvalue weighted by atomic mass is 32.2. The van der Waals surface area contributed by atoms with Gasteiger partial charge in [-0.1, -0.05) is 6.92 Å². The van der Waals surface area contributed by atoms with Gasteiger partial charge in [0.15, 0.2) is 0 Å². The summed E-state index contributed by atoms with van der Waals surface area (Å²) in [7, 11) is -3.89. The van der Waals surface area contributed by atoms with Crippen molar-refractivity contribution in [1.82, 2.24) is 4.31 Å². The standard InChI is InChI=1S/C7H14N2O4S/c1-5-2-3-9(14(8,12)13)6(4-5)7(10)11/h5-6H,2-4H2,1H3,(H,10,11)(H2,8,12,13). The lowest BCUT2D eigenvalue weighted by atomic mass is 9.94. The molecule has 3 N–H and O–H groups in total. The van der Waals surface area contributed by atoms with Crippen LogP contribution in [0.4, 0.5) is 0 Å². The highest BCUT2D eigenvalue weighted by Gasteiger charge is 2.37.